The molecule has 0 spiro atoms. The van der Waals surface area contributed by atoms with Gasteiger partial charge in [-0.3, -0.25) is 9.35 Å². The van der Waals surface area contributed by atoms with Crippen LogP contribution in [-0.4, -0.2) is 61.9 Å². The first-order chi connectivity index (χ1) is 13.6. The smallest absolute Gasteiger partial charge is 0.265 e. The Hall–Kier alpha value is -1.09. The molecule has 1 aliphatic rings. The summed E-state index contributed by atoms with van der Waals surface area (Å²) in [5, 5.41) is -0.171. The third kappa shape index (κ3) is 8.28. The highest BCUT2D eigenvalue weighted by Crippen LogP contribution is 2.36. The van der Waals surface area contributed by atoms with Gasteiger partial charge in [-0.05, 0) is 43.6 Å². The predicted molar refractivity (Wildman–Crippen MR) is 118 cm³/mol. The molecule has 8 heteroatoms. The van der Waals surface area contributed by atoms with Crippen LogP contribution < -0.4 is 4.74 Å². The highest BCUT2D eigenvalue weighted by atomic mass is 32.2. The molecule has 0 bridgehead atoms. The summed E-state index contributed by atoms with van der Waals surface area (Å²) in [6.45, 7) is 6.83. The number of nitrogens with zero attached hydrogens (tertiary/aromatic N) is 1. The quantitative estimate of drug-likeness (QED) is 0.520. The molecule has 0 saturated carbocycles. The SMILES string of the molecule is COc1ccc([C@@H](CC(=O)C(C)(C)CN2CCCCC2)SCCS(=O)(=O)O)cc1. The Balaban J connectivity index is 2.08. The Morgan fingerprint density at radius 3 is 2.38 bits per heavy atom. The van der Waals surface area contributed by atoms with Gasteiger partial charge in [0.2, 0.25) is 0 Å². The molecular weight excluding hydrogens is 410 g/mol. The van der Waals surface area contributed by atoms with Gasteiger partial charge in [0.25, 0.3) is 10.1 Å². The van der Waals surface area contributed by atoms with Gasteiger partial charge >= 0.3 is 0 Å². The summed E-state index contributed by atoms with van der Waals surface area (Å²) in [6.07, 6.45) is 3.95. The van der Waals surface area contributed by atoms with Crippen LogP contribution in [0.2, 0.25) is 0 Å². The summed E-state index contributed by atoms with van der Waals surface area (Å²) in [5.41, 5.74) is 0.486. The van der Waals surface area contributed by atoms with Crippen molar-refractivity contribution in [3.8, 4) is 5.75 Å². The number of piperidine rings is 1. The molecule has 1 aliphatic heterocycles. The summed E-state index contributed by atoms with van der Waals surface area (Å²) in [6, 6.07) is 7.51. The van der Waals surface area contributed by atoms with E-state index in [4.69, 9.17) is 9.29 Å². The van der Waals surface area contributed by atoms with Gasteiger partial charge in [0.15, 0.2) is 0 Å². The third-order valence-corrected chi connectivity index (χ3v) is 7.60. The fourth-order valence-corrected chi connectivity index (χ4v) is 5.73. The average molecular weight is 444 g/mol. The number of rotatable bonds is 11. The van der Waals surface area contributed by atoms with E-state index in [1.807, 2.05) is 38.1 Å². The van der Waals surface area contributed by atoms with Crippen LogP contribution in [0.3, 0.4) is 0 Å². The van der Waals surface area contributed by atoms with Gasteiger partial charge in [-0.1, -0.05) is 32.4 Å². The van der Waals surface area contributed by atoms with Crippen molar-refractivity contribution in [2.24, 2.45) is 5.41 Å². The van der Waals surface area contributed by atoms with Crippen LogP contribution in [0.4, 0.5) is 0 Å². The number of ketones is 1. The summed E-state index contributed by atoms with van der Waals surface area (Å²) in [7, 11) is -2.42. The third-order valence-electron chi connectivity index (χ3n) is 5.34. The van der Waals surface area contributed by atoms with Crippen LogP contribution in [0.5, 0.6) is 5.75 Å². The number of methoxy groups -OCH3 is 1. The first-order valence-corrected chi connectivity index (χ1v) is 12.7. The molecule has 1 atom stereocenters. The molecule has 1 fully saturated rings. The van der Waals surface area contributed by atoms with Gasteiger partial charge < -0.3 is 9.64 Å². The molecule has 1 aromatic rings. The standard InChI is InChI=1S/C21H33NO5S2/c1-21(2,16-22-11-5-4-6-12-22)20(23)15-19(28-13-14-29(24,25)26)17-7-9-18(27-3)10-8-17/h7-10,19H,4-6,11-16H2,1-3H3,(H,24,25,26)/t19-/m1/s1. The number of hydrogen-bond donors (Lipinski definition) is 1. The van der Waals surface area contributed by atoms with Crippen molar-refractivity contribution in [1.82, 2.24) is 4.90 Å². The Morgan fingerprint density at radius 2 is 1.83 bits per heavy atom. The Morgan fingerprint density at radius 1 is 1.21 bits per heavy atom. The number of likely N-dealkylation sites (tertiary alicyclic amines) is 1. The van der Waals surface area contributed by atoms with Crippen LogP contribution in [0, 0.1) is 5.41 Å². The monoisotopic (exact) mass is 443 g/mol. The van der Waals surface area contributed by atoms with E-state index in [1.54, 1.807) is 7.11 Å². The lowest BCUT2D eigenvalue weighted by atomic mass is 9.84. The van der Waals surface area contributed by atoms with E-state index in [2.05, 4.69) is 4.90 Å². The van der Waals surface area contributed by atoms with Gasteiger partial charge in [0.1, 0.15) is 11.5 Å². The number of carbonyl (C=O) groups excluding carboxylic acids is 1. The van der Waals surface area contributed by atoms with E-state index in [0.29, 0.717) is 6.42 Å². The van der Waals surface area contributed by atoms with Crippen molar-refractivity contribution in [3.63, 3.8) is 0 Å². The molecule has 1 heterocycles. The molecule has 0 radical (unpaired) electrons. The number of benzene rings is 1. The van der Waals surface area contributed by atoms with Crippen molar-refractivity contribution in [1.29, 1.82) is 0 Å². The number of Topliss-reactive ketones (excluding diaryl/α,β-unsaturated/α-hetero) is 1. The minimum absolute atomic E-state index is 0.170. The molecular formula is C21H33NO5S2. The lowest BCUT2D eigenvalue weighted by Crippen LogP contribution is -2.42. The van der Waals surface area contributed by atoms with Crippen LogP contribution in [0.1, 0.15) is 50.3 Å². The van der Waals surface area contributed by atoms with E-state index < -0.39 is 15.5 Å². The van der Waals surface area contributed by atoms with Gasteiger partial charge in [0, 0.05) is 29.4 Å². The Bertz CT molecular complexity index is 756. The maximum atomic E-state index is 13.2. The minimum Gasteiger partial charge on any atom is -0.497 e. The molecule has 6 nitrogen and oxygen atoms in total. The molecule has 1 N–H and O–H groups in total. The number of ether oxygens (including phenoxy) is 1. The first-order valence-electron chi connectivity index (χ1n) is 10.1. The average Bonchev–Trinajstić information content (AvgIpc) is 2.66. The van der Waals surface area contributed by atoms with E-state index in [-0.39, 0.29) is 22.5 Å². The van der Waals surface area contributed by atoms with Crippen LogP contribution in [0.15, 0.2) is 24.3 Å². The van der Waals surface area contributed by atoms with Crippen LogP contribution >= 0.6 is 11.8 Å². The second-order valence-corrected chi connectivity index (χ2v) is 11.1. The fraction of sp³-hybridized carbons (Fsp3) is 0.667. The predicted octanol–water partition coefficient (Wildman–Crippen LogP) is 3.83. The van der Waals surface area contributed by atoms with E-state index >= 15 is 0 Å². The maximum Gasteiger partial charge on any atom is 0.265 e. The zero-order valence-corrected chi connectivity index (χ0v) is 19.2. The molecule has 29 heavy (non-hydrogen) atoms. The molecule has 1 saturated heterocycles. The normalized spacial score (nSPS) is 17.1. The summed E-state index contributed by atoms with van der Waals surface area (Å²) >= 11 is 1.39. The largest absolute Gasteiger partial charge is 0.497 e. The minimum atomic E-state index is -4.02. The number of hydrogen-bond acceptors (Lipinski definition) is 6. The lowest BCUT2D eigenvalue weighted by molar-refractivity contribution is -0.128. The second kappa shape index (κ2) is 10.8. The Labute approximate surface area is 179 Å². The molecule has 0 aromatic heterocycles. The van der Waals surface area contributed by atoms with Gasteiger partial charge in [-0.2, -0.15) is 20.2 Å². The van der Waals surface area contributed by atoms with Gasteiger partial charge in [-0.25, -0.2) is 0 Å². The molecule has 2 rings (SSSR count). The molecule has 0 amide bonds. The highest BCUT2D eigenvalue weighted by Gasteiger charge is 2.32. The van der Waals surface area contributed by atoms with E-state index in [1.165, 1.54) is 31.0 Å². The zero-order valence-electron chi connectivity index (χ0n) is 17.6. The molecule has 0 unspecified atom stereocenters. The van der Waals surface area contributed by atoms with Crippen molar-refractivity contribution in [2.75, 3.05) is 38.2 Å². The van der Waals surface area contributed by atoms with Crippen LogP contribution in [0.25, 0.3) is 0 Å². The van der Waals surface area contributed by atoms with Crippen molar-refractivity contribution in [2.45, 2.75) is 44.8 Å². The summed E-state index contributed by atoms with van der Waals surface area (Å²) in [4.78, 5) is 15.5. The van der Waals surface area contributed by atoms with Gasteiger partial charge in [-0.15, -0.1) is 0 Å². The summed E-state index contributed by atoms with van der Waals surface area (Å²) < 4.78 is 36.4. The topological polar surface area (TPSA) is 83.9 Å². The molecule has 164 valence electrons. The van der Waals surface area contributed by atoms with Gasteiger partial charge in [0.05, 0.1) is 12.9 Å². The fourth-order valence-electron chi connectivity index (χ4n) is 3.60. The lowest BCUT2D eigenvalue weighted by Gasteiger charge is -2.34. The van der Waals surface area contributed by atoms with Crippen molar-refractivity contribution in [3.05, 3.63) is 29.8 Å². The Kier molecular flexibility index (Phi) is 9.00. The first kappa shape index (κ1) is 24.2. The zero-order chi connectivity index (χ0) is 21.5. The van der Waals surface area contributed by atoms with E-state index in [0.717, 1.165) is 30.9 Å². The number of thioether (sulfide) groups is 1. The van der Waals surface area contributed by atoms with Crippen LogP contribution in [-0.2, 0) is 14.9 Å². The van der Waals surface area contributed by atoms with Crippen molar-refractivity contribution >= 4 is 27.7 Å². The van der Waals surface area contributed by atoms with Crippen molar-refractivity contribution < 1.29 is 22.5 Å². The number of carbonyl (C=O) groups is 1. The molecule has 0 aliphatic carbocycles. The maximum absolute atomic E-state index is 13.2. The summed E-state index contributed by atoms with van der Waals surface area (Å²) in [5.74, 6) is 0.806. The van der Waals surface area contributed by atoms with E-state index in [9.17, 15) is 13.2 Å². The second-order valence-electron chi connectivity index (χ2n) is 8.27. The highest BCUT2D eigenvalue weighted by molar-refractivity contribution is 8.00. The molecule has 1 aromatic carbocycles.